The van der Waals surface area contributed by atoms with E-state index in [2.05, 4.69) is 16.0 Å². The second-order valence-electron chi connectivity index (χ2n) is 6.00. The van der Waals surface area contributed by atoms with Crippen molar-refractivity contribution >= 4 is 6.09 Å². The first kappa shape index (κ1) is 21.2. The van der Waals surface area contributed by atoms with Gasteiger partial charge in [-0.2, -0.15) is 0 Å². The van der Waals surface area contributed by atoms with Crippen molar-refractivity contribution in [2.24, 2.45) is 0 Å². The van der Waals surface area contributed by atoms with Crippen molar-refractivity contribution < 1.29 is 27.4 Å². The topological polar surface area (TPSA) is 47.6 Å². The Kier molecular flexibility index (Phi) is 7.76. The normalized spacial score (nSPS) is 10.8. The fourth-order valence-electron chi connectivity index (χ4n) is 2.50. The number of hydrogen-bond acceptors (Lipinski definition) is 3. The lowest BCUT2D eigenvalue weighted by molar-refractivity contribution is -0.274. The maximum atomic E-state index is 12.4. The first-order chi connectivity index (χ1) is 13.4. The number of halogens is 3. The van der Waals surface area contributed by atoms with Crippen molar-refractivity contribution in [2.45, 2.75) is 32.2 Å². The Morgan fingerprint density at radius 1 is 1.07 bits per heavy atom. The molecule has 0 aromatic heterocycles. The van der Waals surface area contributed by atoms with E-state index in [-0.39, 0.29) is 12.4 Å². The molecular formula is C21H20F3NO3. The number of nitrogens with one attached hydrogen (secondary N) is 1. The van der Waals surface area contributed by atoms with Crippen molar-refractivity contribution in [3.8, 4) is 18.1 Å². The summed E-state index contributed by atoms with van der Waals surface area (Å²) in [5.41, 5.74) is 1.85. The predicted molar refractivity (Wildman–Crippen MR) is 98.6 cm³/mol. The Bertz CT molecular complexity index is 814. The van der Waals surface area contributed by atoms with Gasteiger partial charge in [0, 0.05) is 12.1 Å². The van der Waals surface area contributed by atoms with E-state index in [1.54, 1.807) is 6.07 Å². The van der Waals surface area contributed by atoms with Gasteiger partial charge in [-0.1, -0.05) is 36.3 Å². The van der Waals surface area contributed by atoms with Crippen LogP contribution in [0.3, 0.4) is 0 Å². The molecule has 2 rings (SSSR count). The molecule has 1 amide bonds. The van der Waals surface area contributed by atoms with E-state index in [0.717, 1.165) is 5.56 Å². The minimum Gasteiger partial charge on any atom is -0.445 e. The zero-order chi connectivity index (χ0) is 20.4. The van der Waals surface area contributed by atoms with Crippen molar-refractivity contribution in [1.82, 2.24) is 5.32 Å². The van der Waals surface area contributed by atoms with Gasteiger partial charge in [0.15, 0.2) is 0 Å². The van der Waals surface area contributed by atoms with Crippen molar-refractivity contribution in [2.75, 3.05) is 6.54 Å². The van der Waals surface area contributed by atoms with E-state index in [9.17, 15) is 18.0 Å². The van der Waals surface area contributed by atoms with Crippen LogP contribution in [-0.4, -0.2) is 19.0 Å². The van der Waals surface area contributed by atoms with Gasteiger partial charge in [0.1, 0.15) is 12.4 Å². The van der Waals surface area contributed by atoms with Crippen LogP contribution in [-0.2, 0) is 17.8 Å². The van der Waals surface area contributed by atoms with Crippen molar-refractivity contribution in [3.63, 3.8) is 0 Å². The molecule has 0 unspecified atom stereocenters. The summed E-state index contributed by atoms with van der Waals surface area (Å²) in [5.74, 6) is 1.98. The molecule has 2 aromatic rings. The number of amides is 1. The van der Waals surface area contributed by atoms with Crippen LogP contribution in [0.1, 0.15) is 29.5 Å². The third-order valence-electron chi connectivity index (χ3n) is 3.74. The van der Waals surface area contributed by atoms with Gasteiger partial charge in [-0.15, -0.1) is 19.6 Å². The summed E-state index contributed by atoms with van der Waals surface area (Å²) in [6, 6.07) is 13.4. The molecule has 4 nitrogen and oxygen atoms in total. The molecule has 28 heavy (non-hydrogen) atoms. The van der Waals surface area contributed by atoms with Gasteiger partial charge < -0.3 is 14.8 Å². The summed E-state index contributed by atoms with van der Waals surface area (Å²) in [7, 11) is 0. The van der Waals surface area contributed by atoms with E-state index >= 15 is 0 Å². The summed E-state index contributed by atoms with van der Waals surface area (Å²) in [6.07, 6.45) is 1.79. The number of hydrogen-bond donors (Lipinski definition) is 1. The molecule has 7 heteroatoms. The Morgan fingerprint density at radius 2 is 1.82 bits per heavy atom. The van der Waals surface area contributed by atoms with Crippen LogP contribution in [0.2, 0.25) is 0 Å². The number of alkyl halides is 3. The summed E-state index contributed by atoms with van der Waals surface area (Å²) >= 11 is 0. The van der Waals surface area contributed by atoms with Gasteiger partial charge in [0.05, 0.1) is 0 Å². The molecular weight excluding hydrogens is 371 g/mol. The van der Waals surface area contributed by atoms with E-state index in [1.165, 1.54) is 12.1 Å². The number of ether oxygens (including phenoxy) is 2. The minimum atomic E-state index is -4.77. The number of benzene rings is 2. The maximum Gasteiger partial charge on any atom is 0.573 e. The number of terminal acetylenes is 1. The molecule has 0 aliphatic heterocycles. The molecule has 0 saturated carbocycles. The van der Waals surface area contributed by atoms with Crippen LogP contribution in [0.5, 0.6) is 5.75 Å². The minimum absolute atomic E-state index is 0.188. The largest absolute Gasteiger partial charge is 0.573 e. The summed E-state index contributed by atoms with van der Waals surface area (Å²) in [6.45, 7) is 0.585. The zero-order valence-electron chi connectivity index (χ0n) is 15.1. The molecule has 0 aliphatic carbocycles. The Hall–Kier alpha value is -3.14. The molecule has 0 fully saturated rings. The highest BCUT2D eigenvalue weighted by molar-refractivity contribution is 5.67. The molecule has 0 saturated heterocycles. The monoisotopic (exact) mass is 391 g/mol. The molecule has 0 atom stereocenters. The SMILES string of the molecule is C#Cc1cc(CCCCNC(=O)OCc2ccccc2)cc(OC(F)(F)F)c1. The fraction of sp³-hybridized carbons (Fsp3) is 0.286. The molecule has 0 spiro atoms. The van der Waals surface area contributed by atoms with Crippen molar-refractivity contribution in [3.05, 3.63) is 65.2 Å². The van der Waals surface area contributed by atoms with E-state index in [0.29, 0.717) is 36.9 Å². The quantitative estimate of drug-likeness (QED) is 0.519. The number of rotatable bonds is 8. The molecule has 2 aromatic carbocycles. The molecule has 0 heterocycles. The first-order valence-electron chi connectivity index (χ1n) is 8.66. The van der Waals surface area contributed by atoms with Crippen LogP contribution in [0, 0.1) is 12.3 Å². The highest BCUT2D eigenvalue weighted by Crippen LogP contribution is 2.25. The van der Waals surface area contributed by atoms with E-state index in [1.807, 2.05) is 30.3 Å². The van der Waals surface area contributed by atoms with Crippen LogP contribution < -0.4 is 10.1 Å². The number of carbonyl (C=O) groups is 1. The van der Waals surface area contributed by atoms with Gasteiger partial charge >= 0.3 is 12.5 Å². The molecule has 0 aliphatic rings. The van der Waals surface area contributed by atoms with Gasteiger partial charge in [0.25, 0.3) is 0 Å². The maximum absolute atomic E-state index is 12.4. The fourth-order valence-corrected chi connectivity index (χ4v) is 2.50. The number of aryl methyl sites for hydroxylation is 1. The highest BCUT2D eigenvalue weighted by atomic mass is 19.4. The smallest absolute Gasteiger partial charge is 0.445 e. The Morgan fingerprint density at radius 3 is 2.50 bits per heavy atom. The van der Waals surface area contributed by atoms with Gasteiger partial charge in [0.2, 0.25) is 0 Å². The van der Waals surface area contributed by atoms with Crippen molar-refractivity contribution in [1.29, 1.82) is 0 Å². The number of alkyl carbamates (subject to hydrolysis) is 1. The molecule has 148 valence electrons. The lowest BCUT2D eigenvalue weighted by Crippen LogP contribution is -2.25. The molecule has 0 radical (unpaired) electrons. The average molecular weight is 391 g/mol. The Labute approximate surface area is 161 Å². The molecule has 1 N–H and O–H groups in total. The lowest BCUT2D eigenvalue weighted by atomic mass is 10.0. The zero-order valence-corrected chi connectivity index (χ0v) is 15.1. The number of carbonyl (C=O) groups excluding carboxylic acids is 1. The second-order valence-corrected chi connectivity index (χ2v) is 6.00. The van der Waals surface area contributed by atoms with E-state index < -0.39 is 12.5 Å². The van der Waals surface area contributed by atoms with E-state index in [4.69, 9.17) is 11.2 Å². The van der Waals surface area contributed by atoms with Gasteiger partial charge in [-0.3, -0.25) is 0 Å². The summed E-state index contributed by atoms with van der Waals surface area (Å²) in [5, 5.41) is 2.64. The lowest BCUT2D eigenvalue weighted by Gasteiger charge is -2.11. The standard InChI is InChI=1S/C21H20F3NO3/c1-2-16-12-18(14-19(13-16)28-21(22,23)24)10-6-7-11-25-20(26)27-15-17-8-4-3-5-9-17/h1,3-5,8-9,12-14H,6-7,10-11,15H2,(H,25,26). The molecule has 0 bridgehead atoms. The third-order valence-corrected chi connectivity index (χ3v) is 3.74. The van der Waals surface area contributed by atoms with Gasteiger partial charge in [-0.25, -0.2) is 4.79 Å². The van der Waals surface area contributed by atoms with Gasteiger partial charge in [-0.05, 0) is 48.6 Å². The van der Waals surface area contributed by atoms with Crippen LogP contribution in [0.4, 0.5) is 18.0 Å². The van der Waals surface area contributed by atoms with Crippen LogP contribution >= 0.6 is 0 Å². The second kappa shape index (κ2) is 10.3. The third kappa shape index (κ3) is 8.04. The summed E-state index contributed by atoms with van der Waals surface area (Å²) < 4.78 is 46.2. The highest BCUT2D eigenvalue weighted by Gasteiger charge is 2.31. The number of unbranched alkanes of at least 4 members (excludes halogenated alkanes) is 1. The predicted octanol–water partition coefficient (Wildman–Crippen LogP) is 4.82. The Balaban J connectivity index is 1.72. The van der Waals surface area contributed by atoms with Crippen LogP contribution in [0.15, 0.2) is 48.5 Å². The summed E-state index contributed by atoms with van der Waals surface area (Å²) in [4.78, 5) is 11.6. The first-order valence-corrected chi connectivity index (χ1v) is 8.66. The van der Waals surface area contributed by atoms with Crippen LogP contribution in [0.25, 0.3) is 0 Å². The average Bonchev–Trinajstić information content (AvgIpc) is 2.65.